The van der Waals surface area contributed by atoms with Crippen molar-refractivity contribution in [2.75, 3.05) is 13.7 Å². The molecule has 1 amide bonds. The first-order chi connectivity index (χ1) is 11.1. The standard InChI is InChI=1S/C17H17FN2O3/c1-23-14-6-4-12(5-7-14)8-10-20-17(22)15(21)11-13-3-2-9-19-16(13)18/h2-7,9H,8,10-11H2,1H3,(H,20,22). The summed E-state index contributed by atoms with van der Waals surface area (Å²) < 4.78 is 18.4. The second-order valence-corrected chi connectivity index (χ2v) is 4.91. The van der Waals surface area contributed by atoms with Crippen LogP contribution in [0.2, 0.25) is 0 Å². The number of hydrogen-bond acceptors (Lipinski definition) is 4. The molecule has 2 aromatic rings. The van der Waals surface area contributed by atoms with Crippen LogP contribution in [0.5, 0.6) is 5.75 Å². The lowest BCUT2D eigenvalue weighted by Crippen LogP contribution is -2.33. The summed E-state index contributed by atoms with van der Waals surface area (Å²) in [5.41, 5.74) is 1.12. The zero-order chi connectivity index (χ0) is 16.7. The second kappa shape index (κ2) is 8.03. The van der Waals surface area contributed by atoms with Crippen LogP contribution in [0.3, 0.4) is 0 Å². The minimum absolute atomic E-state index is 0.114. The molecule has 1 aromatic carbocycles. The minimum atomic E-state index is -0.730. The Morgan fingerprint density at radius 2 is 1.96 bits per heavy atom. The van der Waals surface area contributed by atoms with E-state index >= 15 is 0 Å². The predicted molar refractivity (Wildman–Crippen MR) is 82.6 cm³/mol. The molecule has 0 fully saturated rings. The van der Waals surface area contributed by atoms with Gasteiger partial charge >= 0.3 is 0 Å². The Morgan fingerprint density at radius 1 is 1.22 bits per heavy atom. The van der Waals surface area contributed by atoms with Crippen LogP contribution in [-0.2, 0) is 22.4 Å². The van der Waals surface area contributed by atoms with E-state index in [0.29, 0.717) is 13.0 Å². The number of benzene rings is 1. The van der Waals surface area contributed by atoms with E-state index in [2.05, 4.69) is 10.3 Å². The van der Waals surface area contributed by atoms with Crippen LogP contribution in [-0.4, -0.2) is 30.3 Å². The van der Waals surface area contributed by atoms with Gasteiger partial charge in [-0.15, -0.1) is 0 Å². The van der Waals surface area contributed by atoms with E-state index in [1.54, 1.807) is 7.11 Å². The van der Waals surface area contributed by atoms with E-state index in [4.69, 9.17) is 4.74 Å². The summed E-state index contributed by atoms with van der Waals surface area (Å²) in [5.74, 6) is -1.38. The Morgan fingerprint density at radius 3 is 2.61 bits per heavy atom. The number of nitrogens with zero attached hydrogens (tertiary/aromatic N) is 1. The Kier molecular flexibility index (Phi) is 5.80. The van der Waals surface area contributed by atoms with Gasteiger partial charge in [0.05, 0.1) is 7.11 Å². The number of methoxy groups -OCH3 is 1. The van der Waals surface area contributed by atoms with E-state index in [1.165, 1.54) is 18.3 Å². The molecule has 23 heavy (non-hydrogen) atoms. The van der Waals surface area contributed by atoms with Gasteiger partial charge in [-0.1, -0.05) is 18.2 Å². The van der Waals surface area contributed by atoms with Crippen LogP contribution in [0.1, 0.15) is 11.1 Å². The molecule has 0 aliphatic rings. The van der Waals surface area contributed by atoms with Gasteiger partial charge in [0, 0.05) is 24.7 Å². The average Bonchev–Trinajstić information content (AvgIpc) is 2.57. The molecule has 1 N–H and O–H groups in total. The molecule has 0 aliphatic carbocycles. The quantitative estimate of drug-likeness (QED) is 0.623. The third-order valence-corrected chi connectivity index (χ3v) is 3.30. The second-order valence-electron chi connectivity index (χ2n) is 4.91. The molecule has 1 aromatic heterocycles. The highest BCUT2D eigenvalue weighted by Gasteiger charge is 2.16. The van der Waals surface area contributed by atoms with Crippen molar-refractivity contribution in [3.05, 3.63) is 59.7 Å². The van der Waals surface area contributed by atoms with Crippen molar-refractivity contribution in [1.82, 2.24) is 10.3 Å². The Bertz CT molecular complexity index is 686. The smallest absolute Gasteiger partial charge is 0.287 e. The van der Waals surface area contributed by atoms with Crippen LogP contribution >= 0.6 is 0 Å². The van der Waals surface area contributed by atoms with E-state index in [1.807, 2.05) is 24.3 Å². The summed E-state index contributed by atoms with van der Waals surface area (Å²) >= 11 is 0. The number of aromatic nitrogens is 1. The van der Waals surface area contributed by atoms with Crippen LogP contribution in [0, 0.1) is 5.95 Å². The van der Waals surface area contributed by atoms with Crippen molar-refractivity contribution in [3.63, 3.8) is 0 Å². The summed E-state index contributed by atoms with van der Waals surface area (Å²) in [7, 11) is 1.59. The van der Waals surface area contributed by atoms with Crippen LogP contribution < -0.4 is 10.1 Å². The number of carbonyl (C=O) groups is 2. The number of ether oxygens (including phenoxy) is 1. The Hall–Kier alpha value is -2.76. The van der Waals surface area contributed by atoms with E-state index in [9.17, 15) is 14.0 Å². The van der Waals surface area contributed by atoms with E-state index in [-0.39, 0.29) is 12.0 Å². The number of Topliss-reactive ketones (excluding diaryl/α,β-unsaturated/α-hetero) is 1. The van der Waals surface area contributed by atoms with Crippen molar-refractivity contribution in [2.45, 2.75) is 12.8 Å². The normalized spacial score (nSPS) is 10.2. The van der Waals surface area contributed by atoms with Gasteiger partial charge in [-0.25, -0.2) is 4.98 Å². The van der Waals surface area contributed by atoms with E-state index in [0.717, 1.165) is 11.3 Å². The third kappa shape index (κ3) is 4.88. The zero-order valence-electron chi connectivity index (χ0n) is 12.7. The molecule has 120 valence electrons. The molecule has 0 spiro atoms. The van der Waals surface area contributed by atoms with Crippen molar-refractivity contribution in [3.8, 4) is 5.75 Å². The van der Waals surface area contributed by atoms with Gasteiger partial charge in [0.15, 0.2) is 0 Å². The van der Waals surface area contributed by atoms with Crippen LogP contribution in [0.4, 0.5) is 4.39 Å². The van der Waals surface area contributed by atoms with Crippen LogP contribution in [0.15, 0.2) is 42.6 Å². The molecule has 0 atom stereocenters. The fourth-order valence-corrected chi connectivity index (χ4v) is 2.02. The maximum absolute atomic E-state index is 13.3. The van der Waals surface area contributed by atoms with Gasteiger partial charge in [0.1, 0.15) is 5.75 Å². The lowest BCUT2D eigenvalue weighted by atomic mass is 10.1. The maximum atomic E-state index is 13.3. The average molecular weight is 316 g/mol. The Labute approximate surface area is 133 Å². The Balaban J connectivity index is 1.79. The largest absolute Gasteiger partial charge is 0.497 e. The molecule has 5 nitrogen and oxygen atoms in total. The van der Waals surface area contributed by atoms with Crippen molar-refractivity contribution >= 4 is 11.7 Å². The highest BCUT2D eigenvalue weighted by atomic mass is 19.1. The summed E-state index contributed by atoms with van der Waals surface area (Å²) in [4.78, 5) is 26.9. The topological polar surface area (TPSA) is 68.3 Å². The van der Waals surface area contributed by atoms with Gasteiger partial charge in [0.25, 0.3) is 5.91 Å². The molecule has 0 unspecified atom stereocenters. The lowest BCUT2D eigenvalue weighted by molar-refractivity contribution is -0.137. The number of pyridine rings is 1. The van der Waals surface area contributed by atoms with Gasteiger partial charge in [-0.05, 0) is 30.2 Å². The predicted octanol–water partition coefficient (Wildman–Crippen LogP) is 1.70. The number of rotatable bonds is 7. The number of carbonyl (C=O) groups excluding carboxylic acids is 2. The summed E-state index contributed by atoms with van der Waals surface area (Å²) in [5, 5.41) is 2.54. The summed E-state index contributed by atoms with van der Waals surface area (Å²) in [6.45, 7) is 0.326. The van der Waals surface area contributed by atoms with Crippen molar-refractivity contribution < 1.29 is 18.7 Å². The first-order valence-corrected chi connectivity index (χ1v) is 7.13. The maximum Gasteiger partial charge on any atom is 0.287 e. The lowest BCUT2D eigenvalue weighted by Gasteiger charge is -2.06. The van der Waals surface area contributed by atoms with E-state index < -0.39 is 17.6 Å². The zero-order valence-corrected chi connectivity index (χ0v) is 12.7. The summed E-state index contributed by atoms with van der Waals surface area (Å²) in [6.07, 6.45) is 1.58. The van der Waals surface area contributed by atoms with Gasteiger partial charge < -0.3 is 10.1 Å². The van der Waals surface area contributed by atoms with Crippen LogP contribution in [0.25, 0.3) is 0 Å². The van der Waals surface area contributed by atoms with Gasteiger partial charge in [-0.3, -0.25) is 9.59 Å². The molecular formula is C17H17FN2O3. The summed E-state index contributed by atoms with van der Waals surface area (Å²) in [6, 6.07) is 10.4. The molecule has 0 saturated carbocycles. The molecule has 0 radical (unpaired) electrons. The molecule has 0 bridgehead atoms. The molecular weight excluding hydrogens is 299 g/mol. The van der Waals surface area contributed by atoms with Gasteiger partial charge in [-0.2, -0.15) is 4.39 Å². The number of amides is 1. The highest BCUT2D eigenvalue weighted by Crippen LogP contribution is 2.11. The number of ketones is 1. The monoisotopic (exact) mass is 316 g/mol. The molecule has 0 saturated heterocycles. The SMILES string of the molecule is COc1ccc(CCNC(=O)C(=O)Cc2cccnc2F)cc1. The minimum Gasteiger partial charge on any atom is -0.497 e. The number of nitrogens with one attached hydrogen (secondary N) is 1. The number of hydrogen-bond donors (Lipinski definition) is 1. The third-order valence-electron chi connectivity index (χ3n) is 3.30. The first-order valence-electron chi connectivity index (χ1n) is 7.13. The fraction of sp³-hybridized carbons (Fsp3) is 0.235. The molecule has 6 heteroatoms. The van der Waals surface area contributed by atoms with Crippen molar-refractivity contribution in [1.29, 1.82) is 0 Å². The number of halogens is 1. The fourth-order valence-electron chi connectivity index (χ4n) is 2.02. The molecule has 2 rings (SSSR count). The highest BCUT2D eigenvalue weighted by molar-refractivity contribution is 6.36. The first kappa shape index (κ1) is 16.6. The molecule has 0 aliphatic heterocycles. The van der Waals surface area contributed by atoms with Crippen molar-refractivity contribution in [2.24, 2.45) is 0 Å². The van der Waals surface area contributed by atoms with Gasteiger partial charge in [0.2, 0.25) is 11.7 Å². The molecule has 1 heterocycles.